The fourth-order valence-corrected chi connectivity index (χ4v) is 2.77. The third-order valence-electron chi connectivity index (χ3n) is 4.45. The maximum atomic E-state index is 12.2. The van der Waals surface area contributed by atoms with Crippen LogP contribution in [0.5, 0.6) is 5.75 Å². The van der Waals surface area contributed by atoms with Crippen LogP contribution in [0.15, 0.2) is 48.5 Å². The summed E-state index contributed by atoms with van der Waals surface area (Å²) < 4.78 is 5.18. The van der Waals surface area contributed by atoms with Crippen LogP contribution >= 0.6 is 0 Å². The van der Waals surface area contributed by atoms with Crippen LogP contribution in [-0.2, 0) is 12.1 Å². The van der Waals surface area contributed by atoms with Gasteiger partial charge in [0.15, 0.2) is 0 Å². The van der Waals surface area contributed by atoms with Gasteiger partial charge in [-0.1, -0.05) is 36.4 Å². The largest absolute Gasteiger partial charge is 0.497 e. The number of rotatable bonds is 5. The first kappa shape index (κ1) is 15.4. The number of aryl methyl sites for hydroxylation is 1. The van der Waals surface area contributed by atoms with E-state index in [1.807, 2.05) is 42.5 Å². The highest BCUT2D eigenvalue weighted by molar-refractivity contribution is 5.75. The minimum Gasteiger partial charge on any atom is -0.497 e. The van der Waals surface area contributed by atoms with Gasteiger partial charge in [0.1, 0.15) is 5.75 Å². The van der Waals surface area contributed by atoms with Gasteiger partial charge in [-0.3, -0.25) is 0 Å². The van der Waals surface area contributed by atoms with Crippen LogP contribution in [0.3, 0.4) is 0 Å². The number of hydrogen-bond acceptors (Lipinski definition) is 2. The van der Waals surface area contributed by atoms with Crippen molar-refractivity contribution in [3.63, 3.8) is 0 Å². The van der Waals surface area contributed by atoms with Gasteiger partial charge in [0.25, 0.3) is 0 Å². The van der Waals surface area contributed by atoms with Crippen LogP contribution in [0.25, 0.3) is 0 Å². The molecular formula is C19H22N2O2. The smallest absolute Gasteiger partial charge is 0.315 e. The van der Waals surface area contributed by atoms with Crippen LogP contribution in [0.2, 0.25) is 0 Å². The van der Waals surface area contributed by atoms with E-state index in [-0.39, 0.29) is 11.6 Å². The molecule has 4 heteroatoms. The zero-order valence-electron chi connectivity index (χ0n) is 13.6. The lowest BCUT2D eigenvalue weighted by Gasteiger charge is -2.19. The second-order valence-corrected chi connectivity index (χ2v) is 6.04. The molecule has 2 N–H and O–H groups in total. The monoisotopic (exact) mass is 310 g/mol. The lowest BCUT2D eigenvalue weighted by Crippen LogP contribution is -2.42. The fourth-order valence-electron chi connectivity index (χ4n) is 2.77. The molecule has 0 bridgehead atoms. The molecule has 4 nitrogen and oxygen atoms in total. The van der Waals surface area contributed by atoms with Crippen molar-refractivity contribution in [2.75, 3.05) is 7.11 Å². The Morgan fingerprint density at radius 1 is 1.13 bits per heavy atom. The van der Waals surface area contributed by atoms with E-state index in [0.29, 0.717) is 6.54 Å². The number of benzene rings is 2. The topological polar surface area (TPSA) is 50.4 Å². The van der Waals surface area contributed by atoms with Gasteiger partial charge in [-0.2, -0.15) is 0 Å². The fraction of sp³-hybridized carbons (Fsp3) is 0.316. The molecule has 2 aromatic rings. The van der Waals surface area contributed by atoms with Crippen molar-refractivity contribution in [2.45, 2.75) is 31.8 Å². The van der Waals surface area contributed by atoms with Gasteiger partial charge >= 0.3 is 6.03 Å². The molecular weight excluding hydrogens is 288 g/mol. The van der Waals surface area contributed by atoms with Crippen molar-refractivity contribution in [3.8, 4) is 5.75 Å². The van der Waals surface area contributed by atoms with Crippen molar-refractivity contribution in [1.82, 2.24) is 10.6 Å². The molecule has 3 rings (SSSR count). The van der Waals surface area contributed by atoms with E-state index in [4.69, 9.17) is 4.74 Å². The molecule has 2 aromatic carbocycles. The highest BCUT2D eigenvalue weighted by atomic mass is 16.5. The molecule has 0 heterocycles. The first-order chi connectivity index (χ1) is 11.1. The van der Waals surface area contributed by atoms with Crippen LogP contribution in [0.1, 0.15) is 29.5 Å². The van der Waals surface area contributed by atoms with Gasteiger partial charge in [0.2, 0.25) is 0 Å². The number of carbonyl (C=O) groups is 1. The summed E-state index contributed by atoms with van der Waals surface area (Å²) in [5.74, 6) is 0.827. The highest BCUT2D eigenvalue weighted by Gasteiger charge is 2.45. The number of urea groups is 1. The molecule has 0 atom stereocenters. The minimum atomic E-state index is -0.220. The molecule has 0 unspecified atom stereocenters. The molecule has 0 spiro atoms. The van der Waals surface area contributed by atoms with Crippen molar-refractivity contribution in [1.29, 1.82) is 0 Å². The molecule has 1 aliphatic carbocycles. The molecule has 1 aliphatic rings. The minimum absolute atomic E-state index is 0.124. The summed E-state index contributed by atoms with van der Waals surface area (Å²) in [5.41, 5.74) is 3.23. The van der Waals surface area contributed by atoms with Crippen molar-refractivity contribution in [3.05, 3.63) is 65.2 Å². The Bertz CT molecular complexity index is 691. The van der Waals surface area contributed by atoms with Gasteiger partial charge in [-0.25, -0.2) is 4.79 Å². The average molecular weight is 310 g/mol. The molecule has 120 valence electrons. The van der Waals surface area contributed by atoms with Gasteiger partial charge in [-0.15, -0.1) is 0 Å². The zero-order valence-corrected chi connectivity index (χ0v) is 13.6. The van der Waals surface area contributed by atoms with Crippen LogP contribution in [-0.4, -0.2) is 13.1 Å². The predicted molar refractivity (Wildman–Crippen MR) is 90.5 cm³/mol. The maximum absolute atomic E-state index is 12.2. The standard InChI is InChI=1S/C19H22N2O2/c1-14-5-3-4-6-15(14)13-20-18(22)21-19(11-12-19)16-7-9-17(23-2)10-8-16/h3-10H,11-13H2,1-2H3,(H2,20,21,22). The van der Waals surface area contributed by atoms with Crippen molar-refractivity contribution >= 4 is 6.03 Å². The average Bonchev–Trinajstić information content (AvgIpc) is 3.35. The van der Waals surface area contributed by atoms with E-state index >= 15 is 0 Å². The van der Waals surface area contributed by atoms with Gasteiger partial charge < -0.3 is 15.4 Å². The normalized spacial score (nSPS) is 14.9. The summed E-state index contributed by atoms with van der Waals surface area (Å²) in [6, 6.07) is 15.9. The lowest BCUT2D eigenvalue weighted by molar-refractivity contribution is 0.235. The second-order valence-electron chi connectivity index (χ2n) is 6.04. The molecule has 0 aromatic heterocycles. The van der Waals surface area contributed by atoms with Crippen molar-refractivity contribution in [2.24, 2.45) is 0 Å². The van der Waals surface area contributed by atoms with Crippen molar-refractivity contribution < 1.29 is 9.53 Å². The van der Waals surface area contributed by atoms with E-state index in [0.717, 1.165) is 29.7 Å². The summed E-state index contributed by atoms with van der Waals surface area (Å²) in [4.78, 5) is 12.2. The number of methoxy groups -OCH3 is 1. The number of ether oxygens (including phenoxy) is 1. The molecule has 23 heavy (non-hydrogen) atoms. The summed E-state index contributed by atoms with van der Waals surface area (Å²) >= 11 is 0. The Hall–Kier alpha value is -2.49. The molecule has 0 radical (unpaired) electrons. The molecule has 1 saturated carbocycles. The van der Waals surface area contributed by atoms with E-state index in [9.17, 15) is 4.79 Å². The Kier molecular flexibility index (Phi) is 4.24. The second kappa shape index (κ2) is 6.32. The van der Waals surface area contributed by atoms with E-state index < -0.39 is 0 Å². The Morgan fingerprint density at radius 3 is 2.43 bits per heavy atom. The van der Waals surface area contributed by atoms with E-state index in [1.165, 1.54) is 5.56 Å². The van der Waals surface area contributed by atoms with E-state index in [2.05, 4.69) is 23.6 Å². The Labute approximate surface area is 136 Å². The molecule has 1 fully saturated rings. The molecule has 0 saturated heterocycles. The third-order valence-corrected chi connectivity index (χ3v) is 4.45. The van der Waals surface area contributed by atoms with Gasteiger partial charge in [0, 0.05) is 6.54 Å². The van der Waals surface area contributed by atoms with Crippen LogP contribution in [0, 0.1) is 6.92 Å². The van der Waals surface area contributed by atoms with Gasteiger partial charge in [-0.05, 0) is 48.6 Å². The maximum Gasteiger partial charge on any atom is 0.315 e. The summed E-state index contributed by atoms with van der Waals surface area (Å²) in [7, 11) is 1.65. The first-order valence-electron chi connectivity index (χ1n) is 7.88. The van der Waals surface area contributed by atoms with E-state index in [1.54, 1.807) is 7.11 Å². The number of carbonyl (C=O) groups excluding carboxylic acids is 1. The lowest BCUT2D eigenvalue weighted by atomic mass is 10.1. The van der Waals surface area contributed by atoms with Crippen LogP contribution in [0.4, 0.5) is 4.79 Å². The molecule has 2 amide bonds. The molecule has 0 aliphatic heterocycles. The Morgan fingerprint density at radius 2 is 1.83 bits per heavy atom. The third kappa shape index (κ3) is 3.47. The quantitative estimate of drug-likeness (QED) is 0.888. The SMILES string of the molecule is COc1ccc(C2(NC(=O)NCc3ccccc3C)CC2)cc1. The number of nitrogens with one attached hydrogen (secondary N) is 2. The highest BCUT2D eigenvalue weighted by Crippen LogP contribution is 2.45. The summed E-state index contributed by atoms with van der Waals surface area (Å²) in [6.07, 6.45) is 1.94. The summed E-state index contributed by atoms with van der Waals surface area (Å²) in [5, 5.41) is 6.07. The number of amides is 2. The zero-order chi connectivity index (χ0) is 16.3. The number of hydrogen-bond donors (Lipinski definition) is 2. The summed E-state index contributed by atoms with van der Waals surface area (Å²) in [6.45, 7) is 2.59. The first-order valence-corrected chi connectivity index (χ1v) is 7.88. The Balaban J connectivity index is 1.60. The van der Waals surface area contributed by atoms with Gasteiger partial charge in [0.05, 0.1) is 12.6 Å². The predicted octanol–water partition coefficient (Wildman–Crippen LogP) is 3.49. The van der Waals surface area contributed by atoms with Crippen LogP contribution < -0.4 is 15.4 Å².